The molecule has 3 heterocycles. The summed E-state index contributed by atoms with van der Waals surface area (Å²) in [6.45, 7) is 0.517. The van der Waals surface area contributed by atoms with Crippen molar-refractivity contribution in [1.82, 2.24) is 10.3 Å². The number of hydrogen-bond acceptors (Lipinski definition) is 6. The largest absolute Gasteiger partial charge is 0.419 e. The highest BCUT2D eigenvalue weighted by atomic mass is 19.4. The van der Waals surface area contributed by atoms with Gasteiger partial charge in [0.05, 0.1) is 11.1 Å². The van der Waals surface area contributed by atoms with E-state index in [1.807, 2.05) is 30.3 Å². The van der Waals surface area contributed by atoms with Crippen LogP contribution in [0, 0.1) is 0 Å². The van der Waals surface area contributed by atoms with Gasteiger partial charge < -0.3 is 20.9 Å². The SMILES string of the molecule is FC(F)(F)c1ccc(NC2=NC(Nc3ccccc3)NC3=C2CCN(c2ncccc2C(F)(F)F)CC3)cc1. The first-order valence-electron chi connectivity index (χ1n) is 12.2. The average Bonchev–Trinajstić information content (AvgIpc) is 3.12. The van der Waals surface area contributed by atoms with E-state index in [1.165, 1.54) is 24.4 Å². The van der Waals surface area contributed by atoms with E-state index in [0.717, 1.165) is 35.2 Å². The molecule has 0 saturated carbocycles. The number of anilines is 3. The monoisotopic (exact) mass is 546 g/mol. The Morgan fingerprint density at radius 1 is 0.795 bits per heavy atom. The Bertz CT molecular complexity index is 1370. The number of nitrogens with zero attached hydrogens (tertiary/aromatic N) is 3. The average molecular weight is 547 g/mol. The molecule has 0 aliphatic carbocycles. The van der Waals surface area contributed by atoms with E-state index in [4.69, 9.17) is 4.99 Å². The van der Waals surface area contributed by atoms with Gasteiger partial charge >= 0.3 is 12.4 Å². The number of alkyl halides is 6. The van der Waals surface area contributed by atoms with Crippen LogP contribution in [0.1, 0.15) is 24.0 Å². The second-order valence-electron chi connectivity index (χ2n) is 9.05. The Labute approximate surface area is 220 Å². The molecule has 0 radical (unpaired) electrons. The van der Waals surface area contributed by atoms with Crippen LogP contribution in [-0.2, 0) is 12.4 Å². The minimum absolute atomic E-state index is 0.141. The van der Waals surface area contributed by atoms with Crippen molar-refractivity contribution in [2.45, 2.75) is 31.5 Å². The molecule has 3 N–H and O–H groups in total. The van der Waals surface area contributed by atoms with Gasteiger partial charge in [0.25, 0.3) is 0 Å². The summed E-state index contributed by atoms with van der Waals surface area (Å²) in [7, 11) is 0. The molecule has 2 aromatic carbocycles. The topological polar surface area (TPSA) is 64.6 Å². The third-order valence-electron chi connectivity index (χ3n) is 6.43. The van der Waals surface area contributed by atoms with Crippen molar-refractivity contribution in [1.29, 1.82) is 0 Å². The minimum Gasteiger partial charge on any atom is -0.355 e. The van der Waals surface area contributed by atoms with E-state index in [2.05, 4.69) is 20.9 Å². The molecule has 1 unspecified atom stereocenters. The Balaban J connectivity index is 1.42. The Kier molecular flexibility index (Phi) is 7.11. The summed E-state index contributed by atoms with van der Waals surface area (Å²) in [5.74, 6) is 0.286. The van der Waals surface area contributed by atoms with Crippen LogP contribution in [0.5, 0.6) is 0 Å². The number of aliphatic imine (C=N–C) groups is 1. The number of amidine groups is 1. The minimum atomic E-state index is -4.55. The van der Waals surface area contributed by atoms with Gasteiger partial charge in [-0.15, -0.1) is 0 Å². The molecule has 0 saturated heterocycles. The summed E-state index contributed by atoms with van der Waals surface area (Å²) >= 11 is 0. The number of benzene rings is 2. The van der Waals surface area contributed by atoms with Gasteiger partial charge in [0, 0.05) is 48.4 Å². The number of hydrogen-bond donors (Lipinski definition) is 3. The van der Waals surface area contributed by atoms with Crippen molar-refractivity contribution >= 4 is 23.0 Å². The van der Waals surface area contributed by atoms with Gasteiger partial charge in [0.1, 0.15) is 11.7 Å². The predicted molar refractivity (Wildman–Crippen MR) is 137 cm³/mol. The zero-order valence-corrected chi connectivity index (χ0v) is 20.4. The van der Waals surface area contributed by atoms with Crippen LogP contribution in [0.3, 0.4) is 0 Å². The van der Waals surface area contributed by atoms with Crippen LogP contribution in [0.2, 0.25) is 0 Å². The number of rotatable bonds is 4. The van der Waals surface area contributed by atoms with Crippen LogP contribution in [0.25, 0.3) is 0 Å². The maximum Gasteiger partial charge on any atom is 0.419 e. The van der Waals surface area contributed by atoms with Crippen LogP contribution < -0.4 is 20.9 Å². The molecule has 3 aromatic rings. The highest BCUT2D eigenvalue weighted by molar-refractivity contribution is 6.09. The molecule has 204 valence electrons. The van der Waals surface area contributed by atoms with E-state index in [1.54, 1.807) is 4.90 Å². The van der Waals surface area contributed by atoms with Gasteiger partial charge in [0.15, 0.2) is 6.29 Å². The zero-order valence-electron chi connectivity index (χ0n) is 20.4. The lowest BCUT2D eigenvalue weighted by molar-refractivity contribution is -0.138. The van der Waals surface area contributed by atoms with E-state index >= 15 is 0 Å². The van der Waals surface area contributed by atoms with E-state index in [-0.39, 0.29) is 18.9 Å². The summed E-state index contributed by atoms with van der Waals surface area (Å²) < 4.78 is 80.1. The fourth-order valence-electron chi connectivity index (χ4n) is 4.56. The fraction of sp³-hybridized carbons (Fsp3) is 0.259. The van der Waals surface area contributed by atoms with Gasteiger partial charge in [-0.1, -0.05) is 18.2 Å². The molecular weight excluding hydrogens is 522 g/mol. The third-order valence-corrected chi connectivity index (χ3v) is 6.43. The molecule has 0 bridgehead atoms. The van der Waals surface area contributed by atoms with Gasteiger partial charge in [-0.2, -0.15) is 26.3 Å². The smallest absolute Gasteiger partial charge is 0.355 e. The molecule has 12 heteroatoms. The second-order valence-corrected chi connectivity index (χ2v) is 9.05. The van der Waals surface area contributed by atoms with Crippen molar-refractivity contribution in [3.8, 4) is 0 Å². The molecule has 1 atom stereocenters. The Morgan fingerprint density at radius 2 is 1.51 bits per heavy atom. The van der Waals surface area contributed by atoms with Crippen LogP contribution in [-0.4, -0.2) is 30.2 Å². The normalized spacial score (nSPS) is 18.1. The first kappa shape index (κ1) is 26.4. The molecule has 0 spiro atoms. The predicted octanol–water partition coefficient (Wildman–Crippen LogP) is 6.48. The highest BCUT2D eigenvalue weighted by Crippen LogP contribution is 2.37. The van der Waals surface area contributed by atoms with Crippen molar-refractivity contribution in [2.75, 3.05) is 28.6 Å². The number of pyridine rings is 1. The molecule has 39 heavy (non-hydrogen) atoms. The van der Waals surface area contributed by atoms with Crippen LogP contribution >= 0.6 is 0 Å². The number of nitrogens with one attached hydrogen (secondary N) is 3. The summed E-state index contributed by atoms with van der Waals surface area (Å²) in [4.78, 5) is 10.3. The number of halogens is 6. The maximum absolute atomic E-state index is 13.7. The lowest BCUT2D eigenvalue weighted by Crippen LogP contribution is -2.41. The van der Waals surface area contributed by atoms with Crippen molar-refractivity contribution < 1.29 is 26.3 Å². The molecule has 5 rings (SSSR count). The maximum atomic E-state index is 13.7. The molecule has 2 aliphatic rings. The first-order valence-corrected chi connectivity index (χ1v) is 12.2. The van der Waals surface area contributed by atoms with Crippen LogP contribution in [0.15, 0.2) is 89.2 Å². The van der Waals surface area contributed by atoms with Gasteiger partial charge in [-0.05, 0) is 55.0 Å². The van der Waals surface area contributed by atoms with Gasteiger partial charge in [-0.25, -0.2) is 9.98 Å². The van der Waals surface area contributed by atoms with Crippen molar-refractivity contribution in [3.05, 3.63) is 95.3 Å². The van der Waals surface area contributed by atoms with Crippen LogP contribution in [0.4, 0.5) is 43.5 Å². The molecule has 2 aliphatic heterocycles. The molecule has 6 nitrogen and oxygen atoms in total. The summed E-state index contributed by atoms with van der Waals surface area (Å²) in [6.07, 6.45) is -7.58. The lowest BCUT2D eigenvalue weighted by Gasteiger charge is -2.29. The van der Waals surface area contributed by atoms with Crippen molar-refractivity contribution in [2.24, 2.45) is 4.99 Å². The van der Waals surface area contributed by atoms with E-state index in [0.29, 0.717) is 24.4 Å². The van der Waals surface area contributed by atoms with E-state index in [9.17, 15) is 26.3 Å². The van der Waals surface area contributed by atoms with E-state index < -0.39 is 29.8 Å². The highest BCUT2D eigenvalue weighted by Gasteiger charge is 2.37. The first-order chi connectivity index (χ1) is 18.6. The Morgan fingerprint density at radius 3 is 2.21 bits per heavy atom. The third kappa shape index (κ3) is 6.10. The Hall–Kier alpha value is -4.22. The molecule has 1 aromatic heterocycles. The van der Waals surface area contributed by atoms with Gasteiger partial charge in [-0.3, -0.25) is 0 Å². The standard InChI is InChI=1S/C27H24F6N6/c28-26(29,30)17-8-10-19(11-9-17)35-23-20-12-15-39(24-21(27(31,32)33)7-4-14-34-24)16-13-22(20)37-25(38-23)36-18-5-2-1-3-6-18/h1-11,14,25,36-37H,12-13,15-16H2,(H,35,38). The molecule has 0 fully saturated rings. The number of para-hydroxylation sites is 1. The zero-order chi connectivity index (χ0) is 27.6. The molecule has 0 amide bonds. The quantitative estimate of drug-likeness (QED) is 0.327. The summed E-state index contributed by atoms with van der Waals surface area (Å²) in [5, 5.41) is 9.71. The van der Waals surface area contributed by atoms with Gasteiger partial charge in [0.2, 0.25) is 0 Å². The number of aromatic nitrogens is 1. The van der Waals surface area contributed by atoms with Crippen molar-refractivity contribution in [3.63, 3.8) is 0 Å². The summed E-state index contributed by atoms with van der Waals surface area (Å²) in [5.41, 5.74) is 1.13. The summed E-state index contributed by atoms with van der Waals surface area (Å²) in [6, 6.07) is 16.2. The lowest BCUT2D eigenvalue weighted by atomic mass is 10.1. The second kappa shape index (κ2) is 10.5. The molecular formula is C27H24F6N6. The fourth-order valence-corrected chi connectivity index (χ4v) is 4.56.